The molecular formula is C13H18N2O. The molecular weight excluding hydrogens is 200 g/mol. The molecule has 1 aliphatic heterocycles. The second-order valence-corrected chi connectivity index (χ2v) is 4.48. The number of nitrogens with two attached hydrogens (primary N) is 1. The highest BCUT2D eigenvalue weighted by atomic mass is 16.1. The van der Waals surface area contributed by atoms with Gasteiger partial charge >= 0.3 is 0 Å². The van der Waals surface area contributed by atoms with Crippen LogP contribution in [-0.2, 0) is 0 Å². The lowest BCUT2D eigenvalue weighted by Crippen LogP contribution is -2.16. The molecule has 1 atom stereocenters. The maximum absolute atomic E-state index is 11.4. The zero-order valence-corrected chi connectivity index (χ0v) is 9.86. The van der Waals surface area contributed by atoms with E-state index in [1.54, 1.807) is 6.92 Å². The minimum atomic E-state index is 0.129. The van der Waals surface area contributed by atoms with Gasteiger partial charge in [0.1, 0.15) is 0 Å². The van der Waals surface area contributed by atoms with Crippen LogP contribution in [-0.4, -0.2) is 25.9 Å². The summed E-state index contributed by atoms with van der Waals surface area (Å²) in [4.78, 5) is 13.6. The van der Waals surface area contributed by atoms with Crippen LogP contribution in [0.5, 0.6) is 0 Å². The van der Waals surface area contributed by atoms with Gasteiger partial charge in [-0.2, -0.15) is 0 Å². The van der Waals surface area contributed by atoms with Crippen molar-refractivity contribution in [2.45, 2.75) is 19.3 Å². The van der Waals surface area contributed by atoms with Crippen LogP contribution in [0.1, 0.15) is 35.2 Å². The number of rotatable bonds is 3. The van der Waals surface area contributed by atoms with E-state index in [9.17, 15) is 4.79 Å². The van der Waals surface area contributed by atoms with Crippen molar-refractivity contribution in [3.05, 3.63) is 29.3 Å². The highest BCUT2D eigenvalue weighted by Gasteiger charge is 2.26. The number of hydrogen-bond donors (Lipinski definition) is 1. The molecule has 0 saturated carbocycles. The number of ketones is 1. The molecule has 3 nitrogen and oxygen atoms in total. The van der Waals surface area contributed by atoms with Crippen molar-refractivity contribution in [3.8, 4) is 0 Å². The zero-order chi connectivity index (χ0) is 11.7. The number of carbonyl (C=O) groups excluding carboxylic acids is 1. The van der Waals surface area contributed by atoms with E-state index in [1.165, 1.54) is 11.3 Å². The van der Waals surface area contributed by atoms with E-state index < -0.39 is 0 Å². The first-order valence-electron chi connectivity index (χ1n) is 5.69. The number of benzene rings is 1. The fraction of sp³-hybridized carbons (Fsp3) is 0.462. The van der Waals surface area contributed by atoms with E-state index in [-0.39, 0.29) is 5.78 Å². The lowest BCUT2D eigenvalue weighted by molar-refractivity contribution is 0.101. The molecule has 1 heterocycles. The molecule has 0 spiro atoms. The summed E-state index contributed by atoms with van der Waals surface area (Å²) in [6, 6.07) is 5.98. The van der Waals surface area contributed by atoms with Crippen LogP contribution in [0.15, 0.2) is 18.2 Å². The first-order chi connectivity index (χ1) is 7.63. The Morgan fingerprint density at radius 3 is 2.94 bits per heavy atom. The predicted molar refractivity (Wildman–Crippen MR) is 66.1 cm³/mol. The SMILES string of the molecule is CC(=O)c1ccc2c(c1)C(CCN)CN2C. The Morgan fingerprint density at radius 2 is 2.31 bits per heavy atom. The van der Waals surface area contributed by atoms with Crippen molar-refractivity contribution in [2.24, 2.45) is 5.73 Å². The minimum absolute atomic E-state index is 0.129. The van der Waals surface area contributed by atoms with Gasteiger partial charge in [0.25, 0.3) is 0 Å². The maximum atomic E-state index is 11.4. The predicted octanol–water partition coefficient (Wildman–Crippen LogP) is 1.77. The van der Waals surface area contributed by atoms with Crippen LogP contribution >= 0.6 is 0 Å². The van der Waals surface area contributed by atoms with Gasteiger partial charge < -0.3 is 10.6 Å². The van der Waals surface area contributed by atoms with Gasteiger partial charge in [0.05, 0.1) is 0 Å². The topological polar surface area (TPSA) is 46.3 Å². The largest absolute Gasteiger partial charge is 0.374 e. The molecule has 86 valence electrons. The highest BCUT2D eigenvalue weighted by molar-refractivity contribution is 5.95. The Hall–Kier alpha value is -1.35. The van der Waals surface area contributed by atoms with Crippen LogP contribution in [0, 0.1) is 0 Å². The number of likely N-dealkylation sites (N-methyl/N-ethyl adjacent to an activating group) is 1. The molecule has 0 amide bonds. The number of anilines is 1. The van der Waals surface area contributed by atoms with Crippen LogP contribution < -0.4 is 10.6 Å². The van der Waals surface area contributed by atoms with Gasteiger partial charge in [-0.05, 0) is 43.7 Å². The van der Waals surface area contributed by atoms with Crippen molar-refractivity contribution in [3.63, 3.8) is 0 Å². The molecule has 16 heavy (non-hydrogen) atoms. The zero-order valence-electron chi connectivity index (χ0n) is 9.86. The Morgan fingerprint density at radius 1 is 1.56 bits per heavy atom. The summed E-state index contributed by atoms with van der Waals surface area (Å²) in [6.07, 6.45) is 0.985. The summed E-state index contributed by atoms with van der Waals surface area (Å²) in [7, 11) is 2.09. The monoisotopic (exact) mass is 218 g/mol. The Kier molecular flexibility index (Phi) is 2.97. The van der Waals surface area contributed by atoms with Crippen LogP contribution in [0.2, 0.25) is 0 Å². The fourth-order valence-electron chi connectivity index (χ4n) is 2.42. The molecule has 0 aromatic heterocycles. The highest BCUT2D eigenvalue weighted by Crippen LogP contribution is 2.37. The van der Waals surface area contributed by atoms with Crippen molar-refractivity contribution in [1.82, 2.24) is 0 Å². The number of carbonyl (C=O) groups is 1. The molecule has 0 saturated heterocycles. The van der Waals surface area contributed by atoms with E-state index in [1.807, 2.05) is 18.2 Å². The smallest absolute Gasteiger partial charge is 0.159 e. The average molecular weight is 218 g/mol. The third-order valence-electron chi connectivity index (χ3n) is 3.29. The molecule has 1 aromatic rings. The molecule has 0 bridgehead atoms. The molecule has 1 aromatic carbocycles. The average Bonchev–Trinajstić information content (AvgIpc) is 2.56. The standard InChI is InChI=1S/C13H18N2O/c1-9(16)10-3-4-13-12(7-10)11(5-6-14)8-15(13)2/h3-4,7,11H,5-6,8,14H2,1-2H3. The van der Waals surface area contributed by atoms with Gasteiger partial charge in [0.15, 0.2) is 5.78 Å². The molecule has 0 radical (unpaired) electrons. The van der Waals surface area contributed by atoms with Gasteiger partial charge in [-0.15, -0.1) is 0 Å². The molecule has 0 fully saturated rings. The molecule has 1 aliphatic rings. The van der Waals surface area contributed by atoms with Gasteiger partial charge in [0.2, 0.25) is 0 Å². The van der Waals surface area contributed by atoms with Crippen molar-refractivity contribution in [2.75, 3.05) is 25.0 Å². The number of nitrogens with zero attached hydrogens (tertiary/aromatic N) is 1. The lowest BCUT2D eigenvalue weighted by Gasteiger charge is -2.11. The van der Waals surface area contributed by atoms with E-state index >= 15 is 0 Å². The van der Waals surface area contributed by atoms with Crippen molar-refractivity contribution < 1.29 is 4.79 Å². The number of Topliss-reactive ketones (excluding diaryl/α,β-unsaturated/α-hetero) is 1. The summed E-state index contributed by atoms with van der Waals surface area (Å²) in [5.41, 5.74) is 8.94. The fourth-order valence-corrected chi connectivity index (χ4v) is 2.42. The van der Waals surface area contributed by atoms with Crippen molar-refractivity contribution in [1.29, 1.82) is 0 Å². The van der Waals surface area contributed by atoms with Gasteiger partial charge in [-0.1, -0.05) is 0 Å². The summed E-state index contributed by atoms with van der Waals surface area (Å²) in [6.45, 7) is 3.31. The Bertz CT molecular complexity index is 414. The van der Waals surface area contributed by atoms with E-state index in [0.717, 1.165) is 18.5 Å². The molecule has 2 N–H and O–H groups in total. The molecule has 3 heteroatoms. The first-order valence-corrected chi connectivity index (χ1v) is 5.69. The first kappa shape index (κ1) is 11.1. The Labute approximate surface area is 96.2 Å². The summed E-state index contributed by atoms with van der Waals surface area (Å²) >= 11 is 0. The second-order valence-electron chi connectivity index (χ2n) is 4.48. The van der Waals surface area contributed by atoms with Gasteiger partial charge in [-0.3, -0.25) is 4.79 Å². The third-order valence-corrected chi connectivity index (χ3v) is 3.29. The maximum Gasteiger partial charge on any atom is 0.159 e. The second kappa shape index (κ2) is 4.26. The van der Waals surface area contributed by atoms with Crippen LogP contribution in [0.3, 0.4) is 0 Å². The summed E-state index contributed by atoms with van der Waals surface area (Å²) in [5, 5.41) is 0. The van der Waals surface area contributed by atoms with E-state index in [2.05, 4.69) is 11.9 Å². The number of hydrogen-bond acceptors (Lipinski definition) is 3. The normalized spacial score (nSPS) is 18.7. The summed E-state index contributed by atoms with van der Waals surface area (Å²) in [5.74, 6) is 0.605. The van der Waals surface area contributed by atoms with Crippen molar-refractivity contribution >= 4 is 11.5 Å². The minimum Gasteiger partial charge on any atom is -0.374 e. The lowest BCUT2D eigenvalue weighted by atomic mass is 9.95. The summed E-state index contributed by atoms with van der Waals surface area (Å²) < 4.78 is 0. The number of fused-ring (bicyclic) bond motifs is 1. The molecule has 2 rings (SSSR count). The van der Waals surface area contributed by atoms with E-state index in [0.29, 0.717) is 12.5 Å². The van der Waals surface area contributed by atoms with Crippen LogP contribution in [0.4, 0.5) is 5.69 Å². The van der Waals surface area contributed by atoms with Gasteiger partial charge in [-0.25, -0.2) is 0 Å². The van der Waals surface area contributed by atoms with Gasteiger partial charge in [0, 0.05) is 30.8 Å². The molecule has 0 aliphatic carbocycles. The quantitative estimate of drug-likeness (QED) is 0.786. The van der Waals surface area contributed by atoms with Crippen LogP contribution in [0.25, 0.3) is 0 Å². The van der Waals surface area contributed by atoms with E-state index in [4.69, 9.17) is 5.73 Å². The third kappa shape index (κ3) is 1.83. The Balaban J connectivity index is 2.39. The molecule has 1 unspecified atom stereocenters.